The lowest BCUT2D eigenvalue weighted by Gasteiger charge is -2.40. The van der Waals surface area contributed by atoms with Crippen LogP contribution in [0.1, 0.15) is 30.9 Å². The van der Waals surface area contributed by atoms with Gasteiger partial charge in [0, 0.05) is 36.5 Å². The molecule has 4 rings (SSSR count). The molecule has 0 bridgehead atoms. The zero-order valence-corrected chi connectivity index (χ0v) is 15.6. The van der Waals surface area contributed by atoms with Crippen LogP contribution >= 0.6 is 0 Å². The molecule has 1 aliphatic carbocycles. The summed E-state index contributed by atoms with van der Waals surface area (Å²) in [6.45, 7) is 0.891. The number of hydrogen-bond acceptors (Lipinski definition) is 4. The van der Waals surface area contributed by atoms with E-state index >= 15 is 0 Å². The lowest BCUT2D eigenvalue weighted by molar-refractivity contribution is -0.0464. The third-order valence-electron chi connectivity index (χ3n) is 5.03. The number of amides is 2. The normalized spacial score (nSPS) is 20.7. The van der Waals surface area contributed by atoms with Gasteiger partial charge in [-0.2, -0.15) is 0 Å². The van der Waals surface area contributed by atoms with Crippen molar-refractivity contribution in [3.8, 4) is 11.8 Å². The highest BCUT2D eigenvalue weighted by Crippen LogP contribution is 2.43. The lowest BCUT2D eigenvalue weighted by atomic mass is 9.81. The van der Waals surface area contributed by atoms with Gasteiger partial charge >= 0.3 is 6.03 Å². The van der Waals surface area contributed by atoms with Gasteiger partial charge in [-0.05, 0) is 24.5 Å². The number of alkyl halides is 2. The predicted molar refractivity (Wildman–Crippen MR) is 103 cm³/mol. The summed E-state index contributed by atoms with van der Waals surface area (Å²) in [4.78, 5) is 28.0. The molecule has 1 atom stereocenters. The lowest BCUT2D eigenvalue weighted by Crippen LogP contribution is -2.59. The molecule has 2 aromatic rings. The SMILES string of the molecule is CC(F)(F)C1(C#CC2CC2)NC(=O)Nc2cc(Cn3ccnc(N)c3=O)ccc21. The number of fused-ring (bicyclic) bond motifs is 1. The summed E-state index contributed by atoms with van der Waals surface area (Å²) in [5, 5.41) is 4.91. The van der Waals surface area contributed by atoms with E-state index in [-0.39, 0.29) is 29.5 Å². The average Bonchev–Trinajstić information content (AvgIpc) is 3.46. The van der Waals surface area contributed by atoms with E-state index in [0.29, 0.717) is 5.56 Å². The van der Waals surface area contributed by atoms with E-state index in [1.807, 2.05) is 0 Å². The van der Waals surface area contributed by atoms with Crippen LogP contribution in [0.15, 0.2) is 35.4 Å². The second-order valence-electron chi connectivity index (χ2n) is 7.39. The largest absolute Gasteiger partial charge is 0.379 e. The topological polar surface area (TPSA) is 102 Å². The Labute approximate surface area is 165 Å². The summed E-state index contributed by atoms with van der Waals surface area (Å²) < 4.78 is 30.8. The number of rotatable bonds is 3. The van der Waals surface area contributed by atoms with Gasteiger partial charge in [0.25, 0.3) is 11.5 Å². The fourth-order valence-corrected chi connectivity index (χ4v) is 3.29. The molecule has 1 fully saturated rings. The van der Waals surface area contributed by atoms with Gasteiger partial charge in [-0.1, -0.05) is 24.0 Å². The summed E-state index contributed by atoms with van der Waals surface area (Å²) in [6, 6.07) is 3.94. The molecular weight excluding hydrogens is 380 g/mol. The number of nitrogens with two attached hydrogens (primary N) is 1. The minimum Gasteiger partial charge on any atom is -0.379 e. The third kappa shape index (κ3) is 3.42. The second-order valence-corrected chi connectivity index (χ2v) is 7.39. The number of carbonyl (C=O) groups excluding carboxylic acids is 1. The van der Waals surface area contributed by atoms with Crippen molar-refractivity contribution in [2.45, 2.75) is 37.8 Å². The zero-order chi connectivity index (χ0) is 20.8. The van der Waals surface area contributed by atoms with Crippen LogP contribution in [0, 0.1) is 17.8 Å². The van der Waals surface area contributed by atoms with Crippen molar-refractivity contribution in [3.05, 3.63) is 52.1 Å². The molecule has 1 aromatic heterocycles. The smallest absolute Gasteiger partial charge is 0.320 e. The average molecular weight is 399 g/mol. The van der Waals surface area contributed by atoms with Crippen molar-refractivity contribution in [1.29, 1.82) is 0 Å². The summed E-state index contributed by atoms with van der Waals surface area (Å²) in [6.07, 6.45) is 4.63. The molecule has 150 valence electrons. The van der Waals surface area contributed by atoms with Gasteiger partial charge in [0.15, 0.2) is 11.4 Å². The van der Waals surface area contributed by atoms with Gasteiger partial charge < -0.3 is 20.9 Å². The van der Waals surface area contributed by atoms with Crippen LogP contribution in [0.5, 0.6) is 0 Å². The molecule has 0 saturated heterocycles. The number of nitrogens with one attached hydrogen (secondary N) is 2. The van der Waals surface area contributed by atoms with E-state index < -0.39 is 23.1 Å². The first kappa shape index (κ1) is 18.9. The quantitative estimate of drug-likeness (QED) is 0.689. The van der Waals surface area contributed by atoms with Crippen LogP contribution in [0.4, 0.5) is 25.1 Å². The highest BCUT2D eigenvalue weighted by atomic mass is 19.3. The Morgan fingerprint density at radius 3 is 2.83 bits per heavy atom. The van der Waals surface area contributed by atoms with Crippen molar-refractivity contribution in [2.24, 2.45) is 5.92 Å². The van der Waals surface area contributed by atoms with Crippen LogP contribution in [0.3, 0.4) is 0 Å². The number of urea groups is 1. The molecule has 7 nitrogen and oxygen atoms in total. The molecule has 2 heterocycles. The van der Waals surface area contributed by atoms with Crippen LogP contribution in [-0.4, -0.2) is 21.5 Å². The number of nitrogen functional groups attached to an aromatic ring is 1. The molecule has 0 radical (unpaired) electrons. The predicted octanol–water partition coefficient (Wildman–Crippen LogP) is 2.27. The maximum Gasteiger partial charge on any atom is 0.320 e. The van der Waals surface area contributed by atoms with Gasteiger partial charge in [-0.15, -0.1) is 0 Å². The Kier molecular flexibility index (Phi) is 4.30. The number of anilines is 2. The summed E-state index contributed by atoms with van der Waals surface area (Å²) >= 11 is 0. The molecule has 4 N–H and O–H groups in total. The Morgan fingerprint density at radius 1 is 1.38 bits per heavy atom. The van der Waals surface area contributed by atoms with Crippen LogP contribution < -0.4 is 21.9 Å². The number of carbonyl (C=O) groups is 1. The summed E-state index contributed by atoms with van der Waals surface area (Å²) in [5.74, 6) is 2.16. The van der Waals surface area contributed by atoms with E-state index in [0.717, 1.165) is 19.8 Å². The number of benzene rings is 1. The van der Waals surface area contributed by atoms with Gasteiger partial charge in [-0.3, -0.25) is 4.79 Å². The van der Waals surface area contributed by atoms with Crippen molar-refractivity contribution < 1.29 is 13.6 Å². The Bertz CT molecular complexity index is 1110. The van der Waals surface area contributed by atoms with Crippen LogP contribution in [-0.2, 0) is 12.1 Å². The number of nitrogens with zero attached hydrogens (tertiary/aromatic N) is 2. The number of aromatic nitrogens is 2. The van der Waals surface area contributed by atoms with Crippen molar-refractivity contribution in [1.82, 2.24) is 14.9 Å². The third-order valence-corrected chi connectivity index (χ3v) is 5.03. The van der Waals surface area contributed by atoms with Crippen LogP contribution in [0.2, 0.25) is 0 Å². The number of hydrogen-bond donors (Lipinski definition) is 3. The van der Waals surface area contributed by atoms with E-state index in [4.69, 9.17) is 5.73 Å². The van der Waals surface area contributed by atoms with Gasteiger partial charge in [0.1, 0.15) is 0 Å². The molecule has 29 heavy (non-hydrogen) atoms. The maximum absolute atomic E-state index is 14.7. The highest BCUT2D eigenvalue weighted by Gasteiger charge is 2.55. The van der Waals surface area contributed by atoms with E-state index in [1.165, 1.54) is 23.0 Å². The molecule has 0 spiro atoms. The van der Waals surface area contributed by atoms with Crippen molar-refractivity contribution >= 4 is 17.5 Å². The van der Waals surface area contributed by atoms with E-state index in [9.17, 15) is 18.4 Å². The fourth-order valence-electron chi connectivity index (χ4n) is 3.29. The molecule has 1 saturated carbocycles. The Hall–Kier alpha value is -3.41. The zero-order valence-electron chi connectivity index (χ0n) is 15.6. The van der Waals surface area contributed by atoms with E-state index in [1.54, 1.807) is 12.1 Å². The first-order valence-electron chi connectivity index (χ1n) is 9.13. The standard InChI is InChI=1S/C20H19F2N5O2/c1-19(21,22)20(7-6-12-2-3-12)14-5-4-13(10-15(14)25-18(29)26-20)11-27-9-8-24-16(23)17(27)28/h4-5,8-10,12H,2-3,11H2,1H3,(H2,23,24)(H2,25,26,29). The molecular formula is C20H19F2N5O2. The van der Waals surface area contributed by atoms with Gasteiger partial charge in [0.05, 0.1) is 6.54 Å². The minimum atomic E-state index is -3.32. The van der Waals surface area contributed by atoms with Crippen molar-refractivity contribution in [2.75, 3.05) is 11.1 Å². The van der Waals surface area contributed by atoms with E-state index in [2.05, 4.69) is 27.5 Å². The first-order valence-corrected chi connectivity index (χ1v) is 9.13. The fraction of sp³-hybridized carbons (Fsp3) is 0.350. The van der Waals surface area contributed by atoms with Crippen LogP contribution in [0.25, 0.3) is 0 Å². The number of halogens is 2. The minimum absolute atomic E-state index is 0.0905. The maximum atomic E-state index is 14.7. The molecule has 1 aromatic carbocycles. The monoisotopic (exact) mass is 399 g/mol. The second kappa shape index (κ2) is 6.58. The summed E-state index contributed by atoms with van der Waals surface area (Å²) in [7, 11) is 0. The Morgan fingerprint density at radius 2 is 2.14 bits per heavy atom. The first-order chi connectivity index (χ1) is 13.7. The van der Waals surface area contributed by atoms with Gasteiger partial charge in [0.2, 0.25) is 0 Å². The molecule has 2 amide bonds. The summed E-state index contributed by atoms with van der Waals surface area (Å²) in [5.41, 5.74) is 4.00. The molecule has 1 aliphatic heterocycles. The molecule has 2 aliphatic rings. The molecule has 1 unspecified atom stereocenters. The highest BCUT2D eigenvalue weighted by molar-refractivity contribution is 5.95. The van der Waals surface area contributed by atoms with Gasteiger partial charge in [-0.25, -0.2) is 18.6 Å². The van der Waals surface area contributed by atoms with Crippen molar-refractivity contribution in [3.63, 3.8) is 0 Å². The Balaban J connectivity index is 1.78. The molecule has 9 heteroatoms.